The summed E-state index contributed by atoms with van der Waals surface area (Å²) in [4.78, 5) is 19.8. The quantitative estimate of drug-likeness (QED) is 0.598. The van der Waals surface area contributed by atoms with Crippen LogP contribution in [0.15, 0.2) is 32.7 Å². The highest BCUT2D eigenvalue weighted by Gasteiger charge is 2.35. The van der Waals surface area contributed by atoms with Crippen molar-refractivity contribution in [3.8, 4) is 0 Å². The van der Waals surface area contributed by atoms with Crippen LogP contribution in [-0.2, 0) is 14.8 Å². The molecule has 1 saturated carbocycles. The lowest BCUT2D eigenvalue weighted by Crippen LogP contribution is -2.50. The average Bonchev–Trinajstić information content (AvgIpc) is 3.25. The Morgan fingerprint density at radius 3 is 2.66 bits per heavy atom. The highest BCUT2D eigenvalue weighted by Crippen LogP contribution is 2.36. The van der Waals surface area contributed by atoms with Gasteiger partial charge in [0.1, 0.15) is 5.52 Å². The van der Waals surface area contributed by atoms with E-state index in [9.17, 15) is 13.2 Å². The van der Waals surface area contributed by atoms with Crippen molar-refractivity contribution in [2.45, 2.75) is 73.9 Å². The minimum Gasteiger partial charge on any atom is -0.431 e. The number of aromatic nitrogens is 1. The van der Waals surface area contributed by atoms with Gasteiger partial charge in [-0.3, -0.25) is 4.79 Å². The molecule has 2 unspecified atom stereocenters. The van der Waals surface area contributed by atoms with Crippen molar-refractivity contribution in [2.75, 3.05) is 25.4 Å². The van der Waals surface area contributed by atoms with E-state index >= 15 is 0 Å². The molecule has 174 valence electrons. The fraction of sp³-hybridized carbons (Fsp3) is 0.652. The lowest BCUT2D eigenvalue weighted by Gasteiger charge is -2.44. The zero-order valence-corrected chi connectivity index (χ0v) is 20.0. The van der Waals surface area contributed by atoms with Crippen LogP contribution in [-0.4, -0.2) is 59.9 Å². The van der Waals surface area contributed by atoms with Crippen LogP contribution in [0.4, 0.5) is 0 Å². The number of sulfonamides is 1. The fourth-order valence-corrected chi connectivity index (χ4v) is 7.77. The normalized spacial score (nSPS) is 25.1. The third-order valence-corrected chi connectivity index (χ3v) is 9.88. The molecule has 1 aromatic heterocycles. The number of hydrogen-bond donors (Lipinski definition) is 0. The van der Waals surface area contributed by atoms with Gasteiger partial charge >= 0.3 is 0 Å². The van der Waals surface area contributed by atoms with Crippen LogP contribution in [0.3, 0.4) is 0 Å². The number of thioether (sulfide) groups is 1. The van der Waals surface area contributed by atoms with Crippen molar-refractivity contribution in [2.24, 2.45) is 5.92 Å². The Labute approximate surface area is 194 Å². The van der Waals surface area contributed by atoms with Crippen molar-refractivity contribution in [1.82, 2.24) is 14.2 Å². The average molecular weight is 478 g/mol. The second kappa shape index (κ2) is 9.35. The number of likely N-dealkylation sites (tertiary alicyclic amines) is 1. The number of amides is 1. The number of rotatable bonds is 5. The highest BCUT2D eigenvalue weighted by atomic mass is 32.2. The summed E-state index contributed by atoms with van der Waals surface area (Å²) in [7, 11) is -3.51. The highest BCUT2D eigenvalue weighted by molar-refractivity contribution is 7.99. The molecule has 32 heavy (non-hydrogen) atoms. The summed E-state index contributed by atoms with van der Waals surface area (Å²) in [6.07, 6.45) is 10.1. The molecule has 2 atom stereocenters. The number of carbonyl (C=O) groups is 1. The van der Waals surface area contributed by atoms with Crippen LogP contribution in [0.25, 0.3) is 11.1 Å². The number of nitrogens with zero attached hydrogens (tertiary/aromatic N) is 3. The molecule has 0 spiro atoms. The van der Waals surface area contributed by atoms with Crippen LogP contribution < -0.4 is 0 Å². The van der Waals surface area contributed by atoms with Gasteiger partial charge in [0, 0.05) is 25.7 Å². The first-order chi connectivity index (χ1) is 15.5. The summed E-state index contributed by atoms with van der Waals surface area (Å²) < 4.78 is 33.3. The zero-order valence-electron chi connectivity index (χ0n) is 18.4. The van der Waals surface area contributed by atoms with Crippen molar-refractivity contribution >= 4 is 38.8 Å². The second-order valence-electron chi connectivity index (χ2n) is 9.20. The van der Waals surface area contributed by atoms with E-state index in [1.807, 2.05) is 0 Å². The van der Waals surface area contributed by atoms with Crippen LogP contribution >= 0.6 is 11.8 Å². The molecule has 2 saturated heterocycles. The van der Waals surface area contributed by atoms with Gasteiger partial charge in [0.15, 0.2) is 5.58 Å². The van der Waals surface area contributed by atoms with E-state index in [-0.39, 0.29) is 10.8 Å². The number of oxazole rings is 1. The number of benzene rings is 1. The van der Waals surface area contributed by atoms with E-state index in [1.54, 1.807) is 22.5 Å². The molecule has 2 aliphatic heterocycles. The van der Waals surface area contributed by atoms with Gasteiger partial charge in [-0.05, 0) is 62.6 Å². The molecule has 1 aromatic carbocycles. The maximum Gasteiger partial charge on any atom is 0.257 e. The van der Waals surface area contributed by atoms with Crippen molar-refractivity contribution < 1.29 is 17.6 Å². The predicted molar refractivity (Wildman–Crippen MR) is 124 cm³/mol. The Morgan fingerprint density at radius 1 is 1.03 bits per heavy atom. The molecule has 1 amide bonds. The molecule has 0 radical (unpaired) electrons. The SMILES string of the molecule is O=C(CSc1nc2cc(S(=O)(=O)N3CCCCC3)ccc2o1)N1CCCC2CCCCC21. The van der Waals surface area contributed by atoms with E-state index < -0.39 is 10.0 Å². The van der Waals surface area contributed by atoms with Gasteiger partial charge in [-0.15, -0.1) is 0 Å². The molecule has 0 bridgehead atoms. The Balaban J connectivity index is 1.26. The molecule has 2 aromatic rings. The van der Waals surface area contributed by atoms with Gasteiger partial charge in [0.25, 0.3) is 5.22 Å². The molecule has 5 rings (SSSR count). The van der Waals surface area contributed by atoms with Gasteiger partial charge in [0.05, 0.1) is 10.6 Å². The van der Waals surface area contributed by atoms with E-state index in [0.29, 0.717) is 47.1 Å². The van der Waals surface area contributed by atoms with Crippen LogP contribution in [0, 0.1) is 5.92 Å². The molecule has 1 aliphatic carbocycles. The van der Waals surface area contributed by atoms with Crippen LogP contribution in [0.2, 0.25) is 0 Å². The number of fused-ring (bicyclic) bond motifs is 2. The fourth-order valence-electron chi connectivity index (χ4n) is 5.50. The molecule has 0 N–H and O–H groups in total. The number of hydrogen-bond acceptors (Lipinski definition) is 6. The Kier molecular flexibility index (Phi) is 6.49. The first-order valence-electron chi connectivity index (χ1n) is 11.9. The smallest absolute Gasteiger partial charge is 0.257 e. The largest absolute Gasteiger partial charge is 0.431 e. The number of carbonyl (C=O) groups excluding carboxylic acids is 1. The summed E-state index contributed by atoms with van der Waals surface area (Å²) in [5.74, 6) is 1.12. The zero-order chi connectivity index (χ0) is 22.1. The lowest BCUT2D eigenvalue weighted by molar-refractivity contribution is -0.134. The third-order valence-electron chi connectivity index (χ3n) is 7.17. The van der Waals surface area contributed by atoms with Gasteiger partial charge in [-0.25, -0.2) is 13.4 Å². The third kappa shape index (κ3) is 4.43. The van der Waals surface area contributed by atoms with Crippen LogP contribution in [0.5, 0.6) is 0 Å². The minimum absolute atomic E-state index is 0.155. The first-order valence-corrected chi connectivity index (χ1v) is 14.3. The van der Waals surface area contributed by atoms with Crippen molar-refractivity contribution in [3.63, 3.8) is 0 Å². The summed E-state index contributed by atoms with van der Waals surface area (Å²) >= 11 is 1.30. The molecule has 3 fully saturated rings. The lowest BCUT2D eigenvalue weighted by atomic mass is 9.78. The summed E-state index contributed by atoms with van der Waals surface area (Å²) in [5, 5.41) is 0.415. The molecule has 7 nitrogen and oxygen atoms in total. The Morgan fingerprint density at radius 2 is 1.81 bits per heavy atom. The predicted octanol–water partition coefficient (Wildman–Crippen LogP) is 4.28. The van der Waals surface area contributed by atoms with E-state index in [4.69, 9.17) is 4.42 Å². The minimum atomic E-state index is -3.51. The Bertz CT molecular complexity index is 1080. The topological polar surface area (TPSA) is 83.7 Å². The standard InChI is InChI=1S/C23H31N3O4S2/c27-22(26-14-6-8-17-7-2-3-9-20(17)26)16-31-23-24-19-15-18(10-11-21(19)30-23)32(28,29)25-12-4-1-5-13-25/h10-11,15,17,20H,1-9,12-14,16H2. The Hall–Kier alpha value is -1.58. The van der Waals surface area contributed by atoms with Gasteiger partial charge in [-0.1, -0.05) is 31.0 Å². The molecule has 3 heterocycles. The first kappa shape index (κ1) is 22.2. The summed E-state index contributed by atoms with van der Waals surface area (Å²) in [5.41, 5.74) is 1.06. The van der Waals surface area contributed by atoms with E-state index in [0.717, 1.165) is 38.6 Å². The molecular formula is C23H31N3O4S2. The maximum absolute atomic E-state index is 13.0. The molecule has 3 aliphatic rings. The molecular weight excluding hydrogens is 446 g/mol. The van der Waals surface area contributed by atoms with Crippen LogP contribution in [0.1, 0.15) is 57.8 Å². The van der Waals surface area contributed by atoms with Crippen molar-refractivity contribution in [1.29, 1.82) is 0 Å². The second-order valence-corrected chi connectivity index (χ2v) is 12.1. The van der Waals surface area contributed by atoms with Gasteiger partial charge in [0.2, 0.25) is 15.9 Å². The summed E-state index contributed by atoms with van der Waals surface area (Å²) in [6, 6.07) is 5.25. The van der Waals surface area contributed by atoms with E-state index in [1.165, 1.54) is 37.4 Å². The summed E-state index contributed by atoms with van der Waals surface area (Å²) in [6.45, 7) is 1.99. The molecule has 9 heteroatoms. The monoisotopic (exact) mass is 477 g/mol. The number of piperidine rings is 2. The van der Waals surface area contributed by atoms with Crippen molar-refractivity contribution in [3.05, 3.63) is 18.2 Å². The van der Waals surface area contributed by atoms with Gasteiger partial charge in [-0.2, -0.15) is 4.31 Å². The maximum atomic E-state index is 13.0. The van der Waals surface area contributed by atoms with Gasteiger partial charge < -0.3 is 9.32 Å². The van der Waals surface area contributed by atoms with E-state index in [2.05, 4.69) is 9.88 Å².